The first-order valence-electron chi connectivity index (χ1n) is 5.47. The van der Waals surface area contributed by atoms with E-state index in [2.05, 4.69) is 20.9 Å². The number of nitrogens with zero attached hydrogens (tertiary/aromatic N) is 1. The number of benzene rings is 2. The molecule has 0 saturated heterocycles. The van der Waals surface area contributed by atoms with Crippen LogP contribution in [0.15, 0.2) is 46.9 Å². The number of alkyl halides is 1. The molecule has 0 bridgehead atoms. The van der Waals surface area contributed by atoms with Crippen LogP contribution >= 0.6 is 15.9 Å². The molecule has 0 fully saturated rings. The van der Waals surface area contributed by atoms with Gasteiger partial charge >= 0.3 is 0 Å². The van der Waals surface area contributed by atoms with E-state index in [4.69, 9.17) is 4.42 Å². The largest absolute Gasteiger partial charge is 0.436 e. The molecule has 1 aromatic heterocycles. The quantitative estimate of drug-likeness (QED) is 0.650. The second-order valence-electron chi connectivity index (χ2n) is 3.97. The van der Waals surface area contributed by atoms with Gasteiger partial charge in [-0.2, -0.15) is 0 Å². The van der Waals surface area contributed by atoms with E-state index in [1.807, 2.05) is 18.2 Å². The predicted molar refractivity (Wildman–Crippen MR) is 72.0 cm³/mol. The van der Waals surface area contributed by atoms with Crippen molar-refractivity contribution in [3.8, 4) is 11.5 Å². The molecular weight excluding hydrogens is 297 g/mol. The monoisotopic (exact) mass is 305 g/mol. The summed E-state index contributed by atoms with van der Waals surface area (Å²) in [6, 6.07) is 12.0. The minimum Gasteiger partial charge on any atom is -0.436 e. The van der Waals surface area contributed by atoms with Gasteiger partial charge in [0.1, 0.15) is 11.3 Å². The molecule has 0 unspecified atom stereocenters. The first-order valence-corrected chi connectivity index (χ1v) is 6.60. The maximum absolute atomic E-state index is 13.2. The van der Waals surface area contributed by atoms with Crippen molar-refractivity contribution in [3.05, 3.63) is 53.8 Å². The number of rotatable bonds is 2. The van der Waals surface area contributed by atoms with Gasteiger partial charge in [0.15, 0.2) is 5.58 Å². The Hall–Kier alpha value is -1.68. The van der Waals surface area contributed by atoms with Gasteiger partial charge < -0.3 is 4.42 Å². The number of fused-ring (bicyclic) bond motifs is 1. The highest BCUT2D eigenvalue weighted by atomic mass is 79.9. The standard InChI is InChI=1S/C14H9BrFNO/c15-8-9-4-5-13-12(6-9)17-14(18-13)10-2-1-3-11(16)7-10/h1-7H,8H2. The zero-order valence-electron chi connectivity index (χ0n) is 9.36. The summed E-state index contributed by atoms with van der Waals surface area (Å²) >= 11 is 3.40. The molecule has 0 aliphatic heterocycles. The molecule has 4 heteroatoms. The lowest BCUT2D eigenvalue weighted by Crippen LogP contribution is -1.79. The van der Waals surface area contributed by atoms with Gasteiger partial charge in [-0.25, -0.2) is 9.37 Å². The summed E-state index contributed by atoms with van der Waals surface area (Å²) in [5.41, 5.74) is 3.26. The van der Waals surface area contributed by atoms with Crippen LogP contribution < -0.4 is 0 Å². The molecule has 1 heterocycles. The summed E-state index contributed by atoms with van der Waals surface area (Å²) in [5.74, 6) is 0.145. The highest BCUT2D eigenvalue weighted by Gasteiger charge is 2.09. The summed E-state index contributed by atoms with van der Waals surface area (Å²) in [6.07, 6.45) is 0. The third kappa shape index (κ3) is 2.04. The lowest BCUT2D eigenvalue weighted by atomic mass is 10.2. The fourth-order valence-electron chi connectivity index (χ4n) is 1.80. The molecule has 0 aliphatic carbocycles. The molecule has 3 rings (SSSR count). The zero-order chi connectivity index (χ0) is 12.5. The van der Waals surface area contributed by atoms with Crippen LogP contribution in [0.2, 0.25) is 0 Å². The molecule has 0 radical (unpaired) electrons. The third-order valence-corrected chi connectivity index (χ3v) is 3.33. The molecular formula is C14H9BrFNO. The van der Waals surface area contributed by atoms with Crippen LogP contribution in [0.1, 0.15) is 5.56 Å². The predicted octanol–water partition coefficient (Wildman–Crippen LogP) is 4.53. The van der Waals surface area contributed by atoms with Crippen LogP contribution in [0, 0.1) is 5.82 Å². The van der Waals surface area contributed by atoms with Crippen molar-refractivity contribution >= 4 is 27.0 Å². The van der Waals surface area contributed by atoms with Crippen molar-refractivity contribution in [3.63, 3.8) is 0 Å². The molecule has 0 N–H and O–H groups in total. The van der Waals surface area contributed by atoms with Gasteiger partial charge in [0, 0.05) is 10.9 Å². The number of aromatic nitrogens is 1. The highest BCUT2D eigenvalue weighted by Crippen LogP contribution is 2.25. The van der Waals surface area contributed by atoms with Gasteiger partial charge in [-0.1, -0.05) is 28.1 Å². The van der Waals surface area contributed by atoms with Gasteiger partial charge in [-0.15, -0.1) is 0 Å². The first-order chi connectivity index (χ1) is 8.76. The Kier molecular flexibility index (Phi) is 2.88. The summed E-state index contributed by atoms with van der Waals surface area (Å²) in [7, 11) is 0. The van der Waals surface area contributed by atoms with Crippen molar-refractivity contribution in [2.24, 2.45) is 0 Å². The van der Waals surface area contributed by atoms with E-state index in [0.29, 0.717) is 17.0 Å². The Morgan fingerprint density at radius 2 is 2.06 bits per heavy atom. The average Bonchev–Trinajstić information content (AvgIpc) is 2.81. The number of hydrogen-bond donors (Lipinski definition) is 0. The van der Waals surface area contributed by atoms with Gasteiger partial charge in [-0.3, -0.25) is 0 Å². The first kappa shape index (κ1) is 11.4. The lowest BCUT2D eigenvalue weighted by Gasteiger charge is -1.93. The molecule has 2 nitrogen and oxygen atoms in total. The number of oxazole rings is 1. The molecule has 3 aromatic rings. The Morgan fingerprint density at radius 3 is 2.83 bits per heavy atom. The van der Waals surface area contributed by atoms with E-state index in [-0.39, 0.29) is 5.82 Å². The second kappa shape index (κ2) is 4.53. The Balaban J connectivity index is 2.13. The minimum absolute atomic E-state index is 0.295. The van der Waals surface area contributed by atoms with Crippen molar-refractivity contribution < 1.29 is 8.81 Å². The normalized spacial score (nSPS) is 11.0. The second-order valence-corrected chi connectivity index (χ2v) is 4.53. The van der Waals surface area contributed by atoms with E-state index in [1.54, 1.807) is 12.1 Å². The zero-order valence-corrected chi connectivity index (χ0v) is 10.9. The van der Waals surface area contributed by atoms with Crippen molar-refractivity contribution in [2.45, 2.75) is 5.33 Å². The van der Waals surface area contributed by atoms with Crippen molar-refractivity contribution in [2.75, 3.05) is 0 Å². The lowest BCUT2D eigenvalue weighted by molar-refractivity contribution is 0.611. The molecule has 0 amide bonds. The van der Waals surface area contributed by atoms with Crippen LogP contribution in [-0.4, -0.2) is 4.98 Å². The molecule has 0 spiro atoms. The van der Waals surface area contributed by atoms with E-state index in [0.717, 1.165) is 16.4 Å². The fraction of sp³-hybridized carbons (Fsp3) is 0.0714. The van der Waals surface area contributed by atoms with E-state index in [1.165, 1.54) is 12.1 Å². The smallest absolute Gasteiger partial charge is 0.227 e. The molecule has 18 heavy (non-hydrogen) atoms. The SMILES string of the molecule is Fc1cccc(-c2nc3cc(CBr)ccc3o2)c1. The van der Waals surface area contributed by atoms with Gasteiger partial charge in [0.25, 0.3) is 0 Å². The van der Waals surface area contributed by atoms with Crippen molar-refractivity contribution in [1.29, 1.82) is 0 Å². The highest BCUT2D eigenvalue weighted by molar-refractivity contribution is 9.08. The van der Waals surface area contributed by atoms with Gasteiger partial charge in [-0.05, 0) is 35.9 Å². The van der Waals surface area contributed by atoms with E-state index in [9.17, 15) is 4.39 Å². The average molecular weight is 306 g/mol. The Morgan fingerprint density at radius 1 is 1.17 bits per heavy atom. The number of hydrogen-bond acceptors (Lipinski definition) is 2. The summed E-state index contributed by atoms with van der Waals surface area (Å²) < 4.78 is 18.8. The van der Waals surface area contributed by atoms with E-state index < -0.39 is 0 Å². The minimum atomic E-state index is -0.295. The maximum atomic E-state index is 13.2. The number of halogens is 2. The summed E-state index contributed by atoms with van der Waals surface area (Å²) in [6.45, 7) is 0. The van der Waals surface area contributed by atoms with Gasteiger partial charge in [0.05, 0.1) is 0 Å². The van der Waals surface area contributed by atoms with Crippen LogP contribution in [0.3, 0.4) is 0 Å². The topological polar surface area (TPSA) is 26.0 Å². The van der Waals surface area contributed by atoms with E-state index >= 15 is 0 Å². The third-order valence-electron chi connectivity index (χ3n) is 2.68. The molecule has 2 aromatic carbocycles. The van der Waals surface area contributed by atoms with Crippen LogP contribution in [0.25, 0.3) is 22.6 Å². The summed E-state index contributed by atoms with van der Waals surface area (Å²) in [4.78, 5) is 4.38. The van der Waals surface area contributed by atoms with Crippen molar-refractivity contribution in [1.82, 2.24) is 4.98 Å². The summed E-state index contributed by atoms with van der Waals surface area (Å²) in [5, 5.41) is 0.769. The molecule has 0 saturated carbocycles. The van der Waals surface area contributed by atoms with Crippen LogP contribution in [-0.2, 0) is 5.33 Å². The van der Waals surface area contributed by atoms with Gasteiger partial charge in [0.2, 0.25) is 5.89 Å². The Bertz CT molecular complexity index is 708. The molecule has 0 atom stereocenters. The molecule has 90 valence electrons. The Labute approximate surface area is 112 Å². The molecule has 0 aliphatic rings. The maximum Gasteiger partial charge on any atom is 0.227 e. The fourth-order valence-corrected chi connectivity index (χ4v) is 2.15. The van der Waals surface area contributed by atoms with Crippen LogP contribution in [0.4, 0.5) is 4.39 Å². The van der Waals surface area contributed by atoms with Crippen LogP contribution in [0.5, 0.6) is 0 Å².